The molecule has 3 N–H and O–H groups in total. The highest BCUT2D eigenvalue weighted by molar-refractivity contribution is 7.19. The minimum absolute atomic E-state index is 0.319. The number of aromatic nitrogens is 1. The molecule has 0 saturated carbocycles. The van der Waals surface area contributed by atoms with E-state index in [1.807, 2.05) is 18.2 Å². The molecule has 0 bridgehead atoms. The van der Waals surface area contributed by atoms with Crippen molar-refractivity contribution < 1.29 is 4.39 Å². The summed E-state index contributed by atoms with van der Waals surface area (Å²) in [5, 5.41) is 14.0. The van der Waals surface area contributed by atoms with Crippen molar-refractivity contribution >= 4 is 38.9 Å². The normalized spacial score (nSPS) is 15.1. The summed E-state index contributed by atoms with van der Waals surface area (Å²) >= 11 is 1.58. The van der Waals surface area contributed by atoms with Crippen LogP contribution >= 0.6 is 11.3 Å². The van der Waals surface area contributed by atoms with Gasteiger partial charge in [-0.2, -0.15) is 4.39 Å². The molecule has 2 heterocycles. The molecule has 0 radical (unpaired) electrons. The molecule has 1 aliphatic heterocycles. The van der Waals surface area contributed by atoms with Crippen molar-refractivity contribution in [3.63, 3.8) is 0 Å². The van der Waals surface area contributed by atoms with Crippen LogP contribution in [-0.2, 0) is 0 Å². The summed E-state index contributed by atoms with van der Waals surface area (Å²) in [4.78, 5) is 4.63. The van der Waals surface area contributed by atoms with Crippen LogP contribution in [0, 0.1) is 5.41 Å². The molecule has 0 atom stereocenters. The molecule has 112 valence electrons. The number of thiazole rings is 1. The second kappa shape index (κ2) is 6.11. The Labute approximate surface area is 131 Å². The largest absolute Gasteiger partial charge is 0.393 e. The number of allylic oxidation sites excluding steroid dienone is 3. The molecule has 0 fully saturated rings. The number of nitrogens with zero attached hydrogens (tertiary/aromatic N) is 1. The summed E-state index contributed by atoms with van der Waals surface area (Å²) < 4.78 is 14.1. The van der Waals surface area contributed by atoms with E-state index in [1.54, 1.807) is 30.7 Å². The Morgan fingerprint density at radius 3 is 3.00 bits per heavy atom. The Kier molecular flexibility index (Phi) is 4.02. The molecule has 1 aromatic heterocycles. The van der Waals surface area contributed by atoms with Crippen molar-refractivity contribution in [1.82, 2.24) is 15.6 Å². The molecule has 1 aromatic carbocycles. The van der Waals surface area contributed by atoms with E-state index in [-0.39, 0.29) is 5.95 Å². The minimum Gasteiger partial charge on any atom is -0.393 e. The molecule has 1 aliphatic rings. The molecule has 0 aliphatic carbocycles. The first-order chi connectivity index (χ1) is 10.7. The van der Waals surface area contributed by atoms with Gasteiger partial charge >= 0.3 is 0 Å². The number of hydrogen-bond donors (Lipinski definition) is 3. The molecule has 22 heavy (non-hydrogen) atoms. The van der Waals surface area contributed by atoms with Gasteiger partial charge in [0.2, 0.25) is 0 Å². The second-order valence-electron chi connectivity index (χ2n) is 4.79. The smallest absolute Gasteiger partial charge is 0.187 e. The lowest BCUT2D eigenvalue weighted by molar-refractivity contribution is 0.559. The lowest BCUT2D eigenvalue weighted by Crippen LogP contribution is -2.16. The highest BCUT2D eigenvalue weighted by atomic mass is 32.1. The fraction of sp³-hybridized carbons (Fsp3) is 0.125. The standard InChI is InChI=1S/C16H15FN4S/c1-19-8-12(7-18)10-2-4-14-13(6-10)21-16(22-14)11-3-5-15(17)20-9-11/h2-8,18-20H,9H2,1H3/b12-8+,18-7?. The molecule has 2 aromatic rings. The number of hydrogen-bond acceptors (Lipinski definition) is 5. The van der Waals surface area contributed by atoms with Crippen LogP contribution in [0.1, 0.15) is 10.6 Å². The average Bonchev–Trinajstić information content (AvgIpc) is 2.96. The van der Waals surface area contributed by atoms with Crippen LogP contribution in [0.3, 0.4) is 0 Å². The Morgan fingerprint density at radius 2 is 2.32 bits per heavy atom. The minimum atomic E-state index is -0.319. The third-order valence-electron chi connectivity index (χ3n) is 3.33. The number of fused-ring (bicyclic) bond motifs is 1. The van der Waals surface area contributed by atoms with Crippen LogP contribution in [0.4, 0.5) is 4.39 Å². The van der Waals surface area contributed by atoms with E-state index in [0.29, 0.717) is 6.54 Å². The van der Waals surface area contributed by atoms with Crippen molar-refractivity contribution in [3.8, 4) is 0 Å². The molecule has 3 rings (SSSR count). The molecule has 0 saturated heterocycles. The lowest BCUT2D eigenvalue weighted by atomic mass is 10.1. The number of rotatable bonds is 4. The van der Waals surface area contributed by atoms with Gasteiger partial charge in [-0.1, -0.05) is 6.07 Å². The van der Waals surface area contributed by atoms with Gasteiger partial charge in [0.05, 0.1) is 10.2 Å². The molecule has 4 nitrogen and oxygen atoms in total. The van der Waals surface area contributed by atoms with Crippen LogP contribution in [0.25, 0.3) is 21.4 Å². The first-order valence-electron chi connectivity index (χ1n) is 6.80. The Morgan fingerprint density at radius 1 is 1.45 bits per heavy atom. The third-order valence-corrected chi connectivity index (χ3v) is 4.44. The SMILES string of the molecule is CN/C=C(\C=N)c1ccc2sc(C3=CC=C(F)NC3)nc2c1. The number of halogens is 1. The molecule has 0 spiro atoms. The maximum absolute atomic E-state index is 13.0. The summed E-state index contributed by atoms with van der Waals surface area (Å²) in [6.07, 6.45) is 6.27. The van der Waals surface area contributed by atoms with Gasteiger partial charge in [-0.3, -0.25) is 0 Å². The van der Waals surface area contributed by atoms with E-state index in [1.165, 1.54) is 12.3 Å². The Bertz CT molecular complexity index is 817. The van der Waals surface area contributed by atoms with Gasteiger partial charge in [0.25, 0.3) is 0 Å². The van der Waals surface area contributed by atoms with Gasteiger partial charge < -0.3 is 16.0 Å². The summed E-state index contributed by atoms with van der Waals surface area (Å²) in [5.41, 5.74) is 3.59. The Balaban J connectivity index is 2.01. The summed E-state index contributed by atoms with van der Waals surface area (Å²) in [6, 6.07) is 5.95. The zero-order valence-corrected chi connectivity index (χ0v) is 12.8. The summed E-state index contributed by atoms with van der Waals surface area (Å²) in [7, 11) is 1.80. The maximum Gasteiger partial charge on any atom is 0.187 e. The lowest BCUT2D eigenvalue weighted by Gasteiger charge is -2.09. The number of dihydropyridines is 1. The van der Waals surface area contributed by atoms with Gasteiger partial charge in [-0.05, 0) is 29.8 Å². The van der Waals surface area contributed by atoms with Gasteiger partial charge in [-0.15, -0.1) is 11.3 Å². The van der Waals surface area contributed by atoms with Crippen LogP contribution < -0.4 is 10.6 Å². The topological polar surface area (TPSA) is 60.8 Å². The van der Waals surface area contributed by atoms with Crippen LogP contribution in [-0.4, -0.2) is 24.8 Å². The van der Waals surface area contributed by atoms with Gasteiger partial charge in [-0.25, -0.2) is 4.98 Å². The third kappa shape index (κ3) is 2.78. The molecule has 0 amide bonds. The summed E-state index contributed by atoms with van der Waals surface area (Å²) in [5.74, 6) is -0.319. The average molecular weight is 314 g/mol. The van der Waals surface area contributed by atoms with E-state index < -0.39 is 0 Å². The predicted octanol–water partition coefficient (Wildman–Crippen LogP) is 3.30. The number of nitrogens with one attached hydrogen (secondary N) is 3. The highest BCUT2D eigenvalue weighted by Gasteiger charge is 2.12. The van der Waals surface area contributed by atoms with E-state index in [9.17, 15) is 4.39 Å². The first kappa shape index (κ1) is 14.5. The molecular formula is C16H15FN4S. The van der Waals surface area contributed by atoms with Gasteiger partial charge in [0, 0.05) is 37.2 Å². The van der Waals surface area contributed by atoms with Crippen molar-refractivity contribution in [1.29, 1.82) is 5.41 Å². The van der Waals surface area contributed by atoms with E-state index in [4.69, 9.17) is 5.41 Å². The highest BCUT2D eigenvalue weighted by Crippen LogP contribution is 2.30. The predicted molar refractivity (Wildman–Crippen MR) is 90.6 cm³/mol. The van der Waals surface area contributed by atoms with E-state index in [2.05, 4.69) is 15.6 Å². The Hall–Kier alpha value is -2.47. The first-order valence-corrected chi connectivity index (χ1v) is 7.62. The van der Waals surface area contributed by atoms with Crippen LogP contribution in [0.5, 0.6) is 0 Å². The van der Waals surface area contributed by atoms with Crippen molar-refractivity contribution in [2.45, 2.75) is 0 Å². The van der Waals surface area contributed by atoms with Crippen molar-refractivity contribution in [2.24, 2.45) is 0 Å². The van der Waals surface area contributed by atoms with E-state index in [0.717, 1.165) is 31.9 Å². The van der Waals surface area contributed by atoms with Gasteiger partial charge in [0.1, 0.15) is 5.01 Å². The van der Waals surface area contributed by atoms with E-state index >= 15 is 0 Å². The fourth-order valence-electron chi connectivity index (χ4n) is 2.23. The van der Waals surface area contributed by atoms with Gasteiger partial charge in [0.15, 0.2) is 5.95 Å². The van der Waals surface area contributed by atoms with Crippen molar-refractivity contribution in [2.75, 3.05) is 13.6 Å². The number of benzene rings is 1. The van der Waals surface area contributed by atoms with Crippen LogP contribution in [0.2, 0.25) is 0 Å². The monoisotopic (exact) mass is 314 g/mol. The molecule has 0 unspecified atom stereocenters. The second-order valence-corrected chi connectivity index (χ2v) is 5.82. The van der Waals surface area contributed by atoms with Crippen LogP contribution in [0.15, 0.2) is 42.5 Å². The molecular weight excluding hydrogens is 299 g/mol. The fourth-order valence-corrected chi connectivity index (χ4v) is 3.20. The zero-order chi connectivity index (χ0) is 15.5. The summed E-state index contributed by atoms with van der Waals surface area (Å²) in [6.45, 7) is 0.445. The zero-order valence-electron chi connectivity index (χ0n) is 12.0. The van der Waals surface area contributed by atoms with Crippen molar-refractivity contribution in [3.05, 3.63) is 53.1 Å². The quantitative estimate of drug-likeness (QED) is 0.599. The molecule has 6 heteroatoms. The maximum atomic E-state index is 13.0.